The number of nitrogens with zero attached hydrogens (tertiary/aromatic N) is 2. The van der Waals surface area contributed by atoms with E-state index in [9.17, 15) is 4.79 Å². The Kier molecular flexibility index (Phi) is 4.45. The molecule has 0 radical (unpaired) electrons. The molecule has 2 unspecified atom stereocenters. The number of primary amides is 1. The molecule has 3 N–H and O–H groups in total. The number of aromatic nitrogens is 2. The molecule has 0 bridgehead atoms. The zero-order valence-electron chi connectivity index (χ0n) is 11.8. The predicted octanol–water partition coefficient (Wildman–Crippen LogP) is 2.00. The van der Waals surface area contributed by atoms with Gasteiger partial charge in [0.05, 0.1) is 11.9 Å². The molecule has 1 aliphatic carbocycles. The van der Waals surface area contributed by atoms with Gasteiger partial charge in [-0.1, -0.05) is 26.7 Å². The number of hydrogen-bond donors (Lipinski definition) is 2. The Morgan fingerprint density at radius 2 is 2.37 bits per heavy atom. The van der Waals surface area contributed by atoms with Crippen molar-refractivity contribution in [2.75, 3.05) is 5.32 Å². The zero-order chi connectivity index (χ0) is 13.8. The van der Waals surface area contributed by atoms with Gasteiger partial charge in [0.1, 0.15) is 6.54 Å². The molecule has 1 heterocycles. The summed E-state index contributed by atoms with van der Waals surface area (Å²) in [5.41, 5.74) is 6.13. The van der Waals surface area contributed by atoms with Crippen LogP contribution in [0.1, 0.15) is 39.5 Å². The SMILES string of the molecule is CC(C)C1CCCC(Nc2cnn(CC(N)=O)c2)C1. The number of nitrogens with two attached hydrogens (primary N) is 1. The van der Waals surface area contributed by atoms with E-state index < -0.39 is 0 Å². The largest absolute Gasteiger partial charge is 0.380 e. The van der Waals surface area contributed by atoms with Gasteiger partial charge in [0.25, 0.3) is 0 Å². The van der Waals surface area contributed by atoms with Crippen molar-refractivity contribution in [3.8, 4) is 0 Å². The first-order valence-electron chi connectivity index (χ1n) is 7.12. The molecule has 1 saturated carbocycles. The van der Waals surface area contributed by atoms with E-state index in [0.29, 0.717) is 6.04 Å². The molecule has 1 aromatic heterocycles. The summed E-state index contributed by atoms with van der Waals surface area (Å²) in [6, 6.07) is 0.521. The third-order valence-electron chi connectivity index (χ3n) is 3.98. The Hall–Kier alpha value is -1.52. The number of carbonyl (C=O) groups is 1. The predicted molar refractivity (Wildman–Crippen MR) is 75.6 cm³/mol. The lowest BCUT2D eigenvalue weighted by molar-refractivity contribution is -0.118. The summed E-state index contributed by atoms with van der Waals surface area (Å²) < 4.78 is 1.58. The molecular weight excluding hydrogens is 240 g/mol. The third-order valence-corrected chi connectivity index (χ3v) is 3.98. The van der Waals surface area contributed by atoms with Crippen LogP contribution in [0.5, 0.6) is 0 Å². The van der Waals surface area contributed by atoms with Crippen LogP contribution in [0.2, 0.25) is 0 Å². The summed E-state index contributed by atoms with van der Waals surface area (Å²) in [4.78, 5) is 10.8. The molecule has 5 nitrogen and oxygen atoms in total. The number of carbonyl (C=O) groups excluding carboxylic acids is 1. The highest BCUT2D eigenvalue weighted by Gasteiger charge is 2.24. The molecule has 106 valence electrons. The summed E-state index contributed by atoms with van der Waals surface area (Å²) in [5.74, 6) is 1.20. The number of nitrogens with one attached hydrogen (secondary N) is 1. The van der Waals surface area contributed by atoms with E-state index in [-0.39, 0.29) is 12.5 Å². The van der Waals surface area contributed by atoms with E-state index in [2.05, 4.69) is 24.3 Å². The van der Waals surface area contributed by atoms with Crippen LogP contribution in [0.3, 0.4) is 0 Å². The van der Waals surface area contributed by atoms with Gasteiger partial charge in [-0.15, -0.1) is 0 Å². The van der Waals surface area contributed by atoms with E-state index >= 15 is 0 Å². The van der Waals surface area contributed by atoms with Crippen LogP contribution >= 0.6 is 0 Å². The molecule has 0 saturated heterocycles. The van der Waals surface area contributed by atoms with Crippen molar-refractivity contribution >= 4 is 11.6 Å². The molecule has 5 heteroatoms. The van der Waals surface area contributed by atoms with Crippen LogP contribution in [0, 0.1) is 11.8 Å². The Balaban J connectivity index is 1.89. The lowest BCUT2D eigenvalue weighted by atomic mass is 9.79. The Bertz CT molecular complexity index is 427. The average molecular weight is 264 g/mol. The van der Waals surface area contributed by atoms with Gasteiger partial charge in [-0.2, -0.15) is 5.10 Å². The minimum atomic E-state index is -0.368. The van der Waals surface area contributed by atoms with Gasteiger partial charge in [0.15, 0.2) is 0 Å². The lowest BCUT2D eigenvalue weighted by Gasteiger charge is -2.32. The molecule has 19 heavy (non-hydrogen) atoms. The minimum absolute atomic E-state index is 0.140. The Labute approximate surface area is 114 Å². The second-order valence-electron chi connectivity index (χ2n) is 5.90. The molecule has 0 spiro atoms. The zero-order valence-corrected chi connectivity index (χ0v) is 11.8. The molecule has 0 aromatic carbocycles. The van der Waals surface area contributed by atoms with E-state index in [1.54, 1.807) is 10.9 Å². The highest BCUT2D eigenvalue weighted by Crippen LogP contribution is 2.31. The van der Waals surface area contributed by atoms with Crippen LogP contribution in [0.25, 0.3) is 0 Å². The van der Waals surface area contributed by atoms with Crippen molar-refractivity contribution in [1.29, 1.82) is 0 Å². The number of anilines is 1. The smallest absolute Gasteiger partial charge is 0.239 e. The maximum atomic E-state index is 10.8. The average Bonchev–Trinajstić information content (AvgIpc) is 2.76. The molecular formula is C14H24N4O. The maximum absolute atomic E-state index is 10.8. The molecule has 1 aliphatic rings. The van der Waals surface area contributed by atoms with Gasteiger partial charge < -0.3 is 11.1 Å². The first-order chi connectivity index (χ1) is 9.04. The fourth-order valence-electron chi connectivity index (χ4n) is 2.88. The van der Waals surface area contributed by atoms with Crippen LogP contribution in [-0.4, -0.2) is 21.7 Å². The fraction of sp³-hybridized carbons (Fsp3) is 0.714. The van der Waals surface area contributed by atoms with Crippen LogP contribution < -0.4 is 11.1 Å². The summed E-state index contributed by atoms with van der Waals surface area (Å²) in [6.45, 7) is 4.75. The monoisotopic (exact) mass is 264 g/mol. The highest BCUT2D eigenvalue weighted by molar-refractivity contribution is 5.73. The van der Waals surface area contributed by atoms with E-state index in [4.69, 9.17) is 5.73 Å². The van der Waals surface area contributed by atoms with Gasteiger partial charge in [-0.25, -0.2) is 0 Å². The number of amides is 1. The molecule has 1 fully saturated rings. The van der Waals surface area contributed by atoms with Crippen LogP contribution in [0.4, 0.5) is 5.69 Å². The topological polar surface area (TPSA) is 72.9 Å². The first-order valence-corrected chi connectivity index (χ1v) is 7.12. The van der Waals surface area contributed by atoms with Gasteiger partial charge in [-0.05, 0) is 24.7 Å². The molecule has 1 amide bonds. The van der Waals surface area contributed by atoms with Crippen LogP contribution in [-0.2, 0) is 11.3 Å². The molecule has 2 atom stereocenters. The summed E-state index contributed by atoms with van der Waals surface area (Å²) in [7, 11) is 0. The van der Waals surface area contributed by atoms with Crippen molar-refractivity contribution in [1.82, 2.24) is 9.78 Å². The van der Waals surface area contributed by atoms with Crippen molar-refractivity contribution in [2.24, 2.45) is 17.6 Å². The molecule has 0 aliphatic heterocycles. The number of rotatable bonds is 5. The minimum Gasteiger partial charge on any atom is -0.380 e. The van der Waals surface area contributed by atoms with E-state index in [1.807, 2.05) is 6.20 Å². The Morgan fingerprint density at radius 1 is 1.58 bits per heavy atom. The van der Waals surface area contributed by atoms with Crippen molar-refractivity contribution in [3.05, 3.63) is 12.4 Å². The van der Waals surface area contributed by atoms with Gasteiger partial charge >= 0.3 is 0 Å². The normalized spacial score (nSPS) is 23.5. The number of hydrogen-bond acceptors (Lipinski definition) is 3. The first kappa shape index (κ1) is 13.9. The van der Waals surface area contributed by atoms with E-state index in [1.165, 1.54) is 25.7 Å². The summed E-state index contributed by atoms with van der Waals surface area (Å²) in [5, 5.41) is 7.65. The quantitative estimate of drug-likeness (QED) is 0.854. The second-order valence-corrected chi connectivity index (χ2v) is 5.90. The Morgan fingerprint density at radius 3 is 3.05 bits per heavy atom. The maximum Gasteiger partial charge on any atom is 0.239 e. The van der Waals surface area contributed by atoms with Gasteiger partial charge in [0.2, 0.25) is 5.91 Å². The second kappa shape index (κ2) is 6.08. The lowest BCUT2D eigenvalue weighted by Crippen LogP contribution is -2.29. The molecule has 2 rings (SSSR count). The van der Waals surface area contributed by atoms with Crippen molar-refractivity contribution in [3.63, 3.8) is 0 Å². The van der Waals surface area contributed by atoms with Crippen molar-refractivity contribution < 1.29 is 4.79 Å². The standard InChI is InChI=1S/C14H24N4O/c1-10(2)11-4-3-5-12(6-11)17-13-7-16-18(8-13)9-14(15)19/h7-8,10-12,17H,3-6,9H2,1-2H3,(H2,15,19). The van der Waals surface area contributed by atoms with Gasteiger partial charge in [0, 0.05) is 12.2 Å². The van der Waals surface area contributed by atoms with Gasteiger partial charge in [-0.3, -0.25) is 9.48 Å². The van der Waals surface area contributed by atoms with E-state index in [0.717, 1.165) is 17.5 Å². The highest BCUT2D eigenvalue weighted by atomic mass is 16.1. The van der Waals surface area contributed by atoms with Crippen molar-refractivity contribution in [2.45, 2.75) is 52.1 Å². The summed E-state index contributed by atoms with van der Waals surface area (Å²) in [6.07, 6.45) is 8.68. The molecule has 1 aromatic rings. The third kappa shape index (κ3) is 3.98. The van der Waals surface area contributed by atoms with Crippen LogP contribution in [0.15, 0.2) is 12.4 Å². The summed E-state index contributed by atoms with van der Waals surface area (Å²) >= 11 is 0. The fourth-order valence-corrected chi connectivity index (χ4v) is 2.88.